The number of hydrogen-bond donors (Lipinski definition) is 1. The lowest BCUT2D eigenvalue weighted by Gasteiger charge is -2.08. The van der Waals surface area contributed by atoms with E-state index in [2.05, 4.69) is 9.97 Å². The molecule has 0 radical (unpaired) electrons. The SMILES string of the molecule is COc1ccc(-c2cc(N)nc(C)n2)cc1C. The molecule has 0 fully saturated rings. The van der Waals surface area contributed by atoms with Gasteiger partial charge in [-0.3, -0.25) is 0 Å². The number of nitrogens with zero attached hydrogens (tertiary/aromatic N) is 2. The van der Waals surface area contributed by atoms with Gasteiger partial charge in [0.15, 0.2) is 0 Å². The molecule has 0 saturated carbocycles. The van der Waals surface area contributed by atoms with Gasteiger partial charge in [-0.15, -0.1) is 0 Å². The number of methoxy groups -OCH3 is 1. The van der Waals surface area contributed by atoms with Gasteiger partial charge in [0.1, 0.15) is 17.4 Å². The first-order valence-corrected chi connectivity index (χ1v) is 5.36. The van der Waals surface area contributed by atoms with E-state index in [4.69, 9.17) is 10.5 Å². The molecule has 0 aliphatic carbocycles. The number of hydrogen-bond acceptors (Lipinski definition) is 4. The maximum absolute atomic E-state index is 5.72. The summed E-state index contributed by atoms with van der Waals surface area (Å²) in [5.41, 5.74) is 8.63. The predicted molar refractivity (Wildman–Crippen MR) is 67.9 cm³/mol. The summed E-state index contributed by atoms with van der Waals surface area (Å²) in [6, 6.07) is 7.69. The van der Waals surface area contributed by atoms with Crippen LogP contribution in [0, 0.1) is 13.8 Å². The summed E-state index contributed by atoms with van der Waals surface area (Å²) in [5.74, 6) is 2.03. The first-order chi connectivity index (χ1) is 8.10. The van der Waals surface area contributed by atoms with Crippen LogP contribution in [0.5, 0.6) is 5.75 Å². The summed E-state index contributed by atoms with van der Waals surface area (Å²) in [7, 11) is 1.66. The highest BCUT2D eigenvalue weighted by Crippen LogP contribution is 2.25. The van der Waals surface area contributed by atoms with E-state index in [1.807, 2.05) is 32.0 Å². The Morgan fingerprint density at radius 1 is 1.12 bits per heavy atom. The summed E-state index contributed by atoms with van der Waals surface area (Å²) >= 11 is 0. The molecule has 0 atom stereocenters. The lowest BCUT2D eigenvalue weighted by molar-refractivity contribution is 0.412. The zero-order valence-electron chi connectivity index (χ0n) is 10.2. The van der Waals surface area contributed by atoms with Gasteiger partial charge in [-0.1, -0.05) is 0 Å². The minimum Gasteiger partial charge on any atom is -0.496 e. The van der Waals surface area contributed by atoms with Crippen LogP contribution in [0.4, 0.5) is 5.82 Å². The first kappa shape index (κ1) is 11.4. The molecule has 0 bridgehead atoms. The fourth-order valence-corrected chi connectivity index (χ4v) is 1.78. The highest BCUT2D eigenvalue weighted by atomic mass is 16.5. The normalized spacial score (nSPS) is 10.3. The second-order valence-corrected chi connectivity index (χ2v) is 3.91. The minimum absolute atomic E-state index is 0.487. The molecule has 2 aromatic rings. The van der Waals surface area contributed by atoms with Crippen LogP contribution in [0.1, 0.15) is 11.4 Å². The molecule has 1 aromatic carbocycles. The van der Waals surface area contributed by atoms with Crippen LogP contribution in [-0.4, -0.2) is 17.1 Å². The van der Waals surface area contributed by atoms with E-state index in [-0.39, 0.29) is 0 Å². The fraction of sp³-hybridized carbons (Fsp3) is 0.231. The Morgan fingerprint density at radius 2 is 1.88 bits per heavy atom. The van der Waals surface area contributed by atoms with E-state index in [1.54, 1.807) is 13.2 Å². The molecule has 0 aliphatic heterocycles. The van der Waals surface area contributed by atoms with Crippen molar-refractivity contribution in [2.75, 3.05) is 12.8 Å². The van der Waals surface area contributed by atoms with Crippen molar-refractivity contribution in [1.82, 2.24) is 9.97 Å². The highest BCUT2D eigenvalue weighted by Gasteiger charge is 2.05. The van der Waals surface area contributed by atoms with Crippen molar-refractivity contribution < 1.29 is 4.74 Å². The average Bonchev–Trinajstić information content (AvgIpc) is 2.27. The van der Waals surface area contributed by atoms with Gasteiger partial charge in [0.2, 0.25) is 0 Å². The molecule has 17 heavy (non-hydrogen) atoms. The van der Waals surface area contributed by atoms with Crippen LogP contribution < -0.4 is 10.5 Å². The maximum atomic E-state index is 5.72. The predicted octanol–water partition coefficient (Wildman–Crippen LogP) is 2.35. The van der Waals surface area contributed by atoms with Gasteiger partial charge in [0.05, 0.1) is 12.8 Å². The highest BCUT2D eigenvalue weighted by molar-refractivity contribution is 5.64. The van der Waals surface area contributed by atoms with Gasteiger partial charge in [-0.05, 0) is 37.6 Å². The Kier molecular flexibility index (Phi) is 2.95. The Labute approximate surface area is 100 Å². The molecule has 2 N–H and O–H groups in total. The lowest BCUT2D eigenvalue weighted by atomic mass is 10.1. The lowest BCUT2D eigenvalue weighted by Crippen LogP contribution is -1.97. The molecule has 0 spiro atoms. The maximum Gasteiger partial charge on any atom is 0.128 e. The summed E-state index contributed by atoms with van der Waals surface area (Å²) in [6.07, 6.45) is 0. The topological polar surface area (TPSA) is 61.0 Å². The van der Waals surface area contributed by atoms with Gasteiger partial charge in [-0.25, -0.2) is 9.97 Å². The standard InChI is InChI=1S/C13H15N3O/c1-8-6-10(4-5-12(8)17-3)11-7-13(14)16-9(2)15-11/h4-7H,1-3H3,(H2,14,15,16). The molecule has 4 heteroatoms. The zero-order chi connectivity index (χ0) is 12.4. The number of rotatable bonds is 2. The van der Waals surface area contributed by atoms with E-state index in [1.165, 1.54) is 0 Å². The van der Waals surface area contributed by atoms with Crippen molar-refractivity contribution in [3.8, 4) is 17.0 Å². The second-order valence-electron chi connectivity index (χ2n) is 3.91. The van der Waals surface area contributed by atoms with Crippen LogP contribution >= 0.6 is 0 Å². The molecule has 1 heterocycles. The van der Waals surface area contributed by atoms with Crippen LogP contribution in [0.3, 0.4) is 0 Å². The third kappa shape index (κ3) is 2.36. The van der Waals surface area contributed by atoms with Crippen LogP contribution in [0.2, 0.25) is 0 Å². The van der Waals surface area contributed by atoms with Crippen molar-refractivity contribution in [3.05, 3.63) is 35.7 Å². The van der Waals surface area contributed by atoms with Crippen molar-refractivity contribution in [2.24, 2.45) is 0 Å². The van der Waals surface area contributed by atoms with Crippen molar-refractivity contribution in [1.29, 1.82) is 0 Å². The number of ether oxygens (including phenoxy) is 1. The number of aryl methyl sites for hydroxylation is 2. The molecule has 0 unspecified atom stereocenters. The largest absolute Gasteiger partial charge is 0.496 e. The summed E-state index contributed by atoms with van der Waals surface area (Å²) in [6.45, 7) is 3.83. The Bertz CT molecular complexity index is 532. The van der Waals surface area contributed by atoms with Crippen LogP contribution in [0.25, 0.3) is 11.3 Å². The van der Waals surface area contributed by atoms with Crippen LogP contribution in [0.15, 0.2) is 24.3 Å². The van der Waals surface area contributed by atoms with Gasteiger partial charge >= 0.3 is 0 Å². The van der Waals surface area contributed by atoms with Gasteiger partial charge < -0.3 is 10.5 Å². The van der Waals surface area contributed by atoms with E-state index in [0.717, 1.165) is 22.6 Å². The summed E-state index contributed by atoms with van der Waals surface area (Å²) in [4.78, 5) is 8.43. The molecular weight excluding hydrogens is 214 g/mol. The van der Waals surface area contributed by atoms with Gasteiger partial charge in [-0.2, -0.15) is 0 Å². The molecule has 0 amide bonds. The molecule has 4 nitrogen and oxygen atoms in total. The number of aromatic nitrogens is 2. The summed E-state index contributed by atoms with van der Waals surface area (Å²) < 4.78 is 5.23. The van der Waals surface area contributed by atoms with Crippen molar-refractivity contribution in [3.63, 3.8) is 0 Å². The molecular formula is C13H15N3O. The van der Waals surface area contributed by atoms with E-state index >= 15 is 0 Å². The number of nitrogens with two attached hydrogens (primary N) is 1. The van der Waals surface area contributed by atoms with E-state index < -0.39 is 0 Å². The van der Waals surface area contributed by atoms with Crippen molar-refractivity contribution >= 4 is 5.82 Å². The molecule has 0 saturated heterocycles. The molecule has 0 aliphatic rings. The van der Waals surface area contributed by atoms with Crippen molar-refractivity contribution in [2.45, 2.75) is 13.8 Å². The van der Waals surface area contributed by atoms with Gasteiger partial charge in [0.25, 0.3) is 0 Å². The Morgan fingerprint density at radius 3 is 2.47 bits per heavy atom. The first-order valence-electron chi connectivity index (χ1n) is 5.36. The smallest absolute Gasteiger partial charge is 0.128 e. The minimum atomic E-state index is 0.487. The Balaban J connectivity index is 2.49. The molecule has 2 rings (SSSR count). The van der Waals surface area contributed by atoms with Gasteiger partial charge in [0, 0.05) is 11.6 Å². The second kappa shape index (κ2) is 4.41. The number of nitrogen functional groups attached to an aromatic ring is 1. The van der Waals surface area contributed by atoms with E-state index in [0.29, 0.717) is 11.6 Å². The number of benzene rings is 1. The molecule has 1 aromatic heterocycles. The Hall–Kier alpha value is -2.10. The fourth-order valence-electron chi connectivity index (χ4n) is 1.78. The monoisotopic (exact) mass is 229 g/mol. The molecule has 88 valence electrons. The van der Waals surface area contributed by atoms with Crippen LogP contribution in [-0.2, 0) is 0 Å². The third-order valence-corrected chi connectivity index (χ3v) is 2.55. The third-order valence-electron chi connectivity index (χ3n) is 2.55. The quantitative estimate of drug-likeness (QED) is 0.858. The number of anilines is 1. The average molecular weight is 229 g/mol. The summed E-state index contributed by atoms with van der Waals surface area (Å²) in [5, 5.41) is 0. The van der Waals surface area contributed by atoms with E-state index in [9.17, 15) is 0 Å². The zero-order valence-corrected chi connectivity index (χ0v) is 10.2.